The minimum atomic E-state index is 0. The molecule has 1 heterocycles. The molecule has 0 aliphatic carbocycles. The van der Waals surface area contributed by atoms with Gasteiger partial charge in [-0.3, -0.25) is 0 Å². The van der Waals surface area contributed by atoms with E-state index in [9.17, 15) is 0 Å². The van der Waals surface area contributed by atoms with Crippen LogP contribution in [0.3, 0.4) is 0 Å². The van der Waals surface area contributed by atoms with Crippen molar-refractivity contribution in [2.24, 2.45) is 10.7 Å². The Bertz CT molecular complexity index is 381. The SMILES string of the molecule is I.NC(=NCCOc1ccccc1)N1CCOCC1. The number of halogens is 1. The first-order chi connectivity index (χ1) is 8.86. The second-order valence-corrected chi connectivity index (χ2v) is 4.00. The highest BCUT2D eigenvalue weighted by molar-refractivity contribution is 14.0. The molecule has 6 heteroatoms. The number of rotatable bonds is 4. The van der Waals surface area contributed by atoms with Gasteiger partial charge in [0.1, 0.15) is 12.4 Å². The molecular formula is C13H20IN3O2. The summed E-state index contributed by atoms with van der Waals surface area (Å²) in [6.45, 7) is 4.17. The zero-order chi connectivity index (χ0) is 12.6. The molecule has 0 radical (unpaired) electrons. The molecule has 1 saturated heterocycles. The van der Waals surface area contributed by atoms with Gasteiger partial charge in [0.2, 0.25) is 0 Å². The summed E-state index contributed by atoms with van der Waals surface area (Å²) in [4.78, 5) is 6.34. The van der Waals surface area contributed by atoms with Crippen LogP contribution in [-0.4, -0.2) is 50.3 Å². The lowest BCUT2D eigenvalue weighted by Crippen LogP contribution is -2.45. The predicted molar refractivity (Wildman–Crippen MR) is 86.2 cm³/mol. The summed E-state index contributed by atoms with van der Waals surface area (Å²) in [6.07, 6.45) is 0. The highest BCUT2D eigenvalue weighted by Gasteiger charge is 2.11. The fourth-order valence-electron chi connectivity index (χ4n) is 1.73. The van der Waals surface area contributed by atoms with E-state index in [0.717, 1.165) is 32.1 Å². The van der Waals surface area contributed by atoms with Crippen molar-refractivity contribution in [3.8, 4) is 5.75 Å². The van der Waals surface area contributed by atoms with E-state index >= 15 is 0 Å². The van der Waals surface area contributed by atoms with Crippen molar-refractivity contribution < 1.29 is 9.47 Å². The van der Waals surface area contributed by atoms with Gasteiger partial charge >= 0.3 is 0 Å². The van der Waals surface area contributed by atoms with Crippen LogP contribution in [-0.2, 0) is 4.74 Å². The number of morpholine rings is 1. The molecule has 0 aromatic heterocycles. The number of benzene rings is 1. The quantitative estimate of drug-likeness (QED) is 0.372. The zero-order valence-corrected chi connectivity index (χ0v) is 13.2. The number of ether oxygens (including phenoxy) is 2. The smallest absolute Gasteiger partial charge is 0.191 e. The summed E-state index contributed by atoms with van der Waals surface area (Å²) in [5.41, 5.74) is 5.89. The third kappa shape index (κ3) is 5.65. The van der Waals surface area contributed by atoms with E-state index in [2.05, 4.69) is 4.99 Å². The van der Waals surface area contributed by atoms with Crippen molar-refractivity contribution in [1.29, 1.82) is 0 Å². The maximum atomic E-state index is 5.89. The number of hydrogen-bond donors (Lipinski definition) is 1. The average molecular weight is 377 g/mol. The van der Waals surface area contributed by atoms with Crippen LogP contribution in [0.2, 0.25) is 0 Å². The van der Waals surface area contributed by atoms with Crippen molar-refractivity contribution in [3.63, 3.8) is 0 Å². The van der Waals surface area contributed by atoms with E-state index < -0.39 is 0 Å². The maximum Gasteiger partial charge on any atom is 0.191 e. The standard InChI is InChI=1S/C13H19N3O2.HI/c14-13(16-7-10-17-11-8-16)15-6-9-18-12-4-2-1-3-5-12;/h1-5H,6-11H2,(H2,14,15);1H. The summed E-state index contributed by atoms with van der Waals surface area (Å²) in [5, 5.41) is 0. The van der Waals surface area contributed by atoms with E-state index in [0.29, 0.717) is 19.1 Å². The van der Waals surface area contributed by atoms with Crippen LogP contribution in [0.4, 0.5) is 0 Å². The Morgan fingerprint density at radius 3 is 2.63 bits per heavy atom. The molecule has 1 aromatic carbocycles. The van der Waals surface area contributed by atoms with E-state index in [1.807, 2.05) is 35.2 Å². The zero-order valence-electron chi connectivity index (χ0n) is 10.8. The summed E-state index contributed by atoms with van der Waals surface area (Å²) < 4.78 is 10.8. The number of hydrogen-bond acceptors (Lipinski definition) is 3. The molecule has 0 bridgehead atoms. The van der Waals surface area contributed by atoms with Crippen molar-refractivity contribution in [3.05, 3.63) is 30.3 Å². The first kappa shape index (κ1) is 16.0. The molecule has 0 atom stereocenters. The lowest BCUT2D eigenvalue weighted by molar-refractivity contribution is 0.0674. The Balaban J connectivity index is 0.00000180. The van der Waals surface area contributed by atoms with Crippen LogP contribution in [0.15, 0.2) is 35.3 Å². The molecule has 1 aliphatic heterocycles. The Kier molecular flexibility index (Phi) is 7.57. The van der Waals surface area contributed by atoms with Crippen LogP contribution in [0.25, 0.3) is 0 Å². The molecule has 106 valence electrons. The minimum Gasteiger partial charge on any atom is -0.492 e. The van der Waals surface area contributed by atoms with Crippen molar-refractivity contribution in [2.45, 2.75) is 0 Å². The summed E-state index contributed by atoms with van der Waals surface area (Å²) >= 11 is 0. The fourth-order valence-corrected chi connectivity index (χ4v) is 1.73. The first-order valence-electron chi connectivity index (χ1n) is 6.17. The monoisotopic (exact) mass is 377 g/mol. The third-order valence-corrected chi connectivity index (χ3v) is 2.71. The van der Waals surface area contributed by atoms with Crippen LogP contribution < -0.4 is 10.5 Å². The number of aliphatic imine (C=N–C) groups is 1. The molecular weight excluding hydrogens is 357 g/mol. The molecule has 2 N–H and O–H groups in total. The lowest BCUT2D eigenvalue weighted by Gasteiger charge is -2.27. The van der Waals surface area contributed by atoms with E-state index in [1.165, 1.54) is 0 Å². The van der Waals surface area contributed by atoms with Gasteiger partial charge in [0.25, 0.3) is 0 Å². The van der Waals surface area contributed by atoms with Crippen LogP contribution in [0, 0.1) is 0 Å². The second kappa shape index (κ2) is 8.98. The Morgan fingerprint density at radius 2 is 1.95 bits per heavy atom. The lowest BCUT2D eigenvalue weighted by atomic mass is 10.3. The van der Waals surface area contributed by atoms with E-state index in [4.69, 9.17) is 15.2 Å². The molecule has 0 unspecified atom stereocenters. The van der Waals surface area contributed by atoms with E-state index in [-0.39, 0.29) is 24.0 Å². The van der Waals surface area contributed by atoms with Crippen LogP contribution >= 0.6 is 24.0 Å². The second-order valence-electron chi connectivity index (χ2n) is 4.00. The molecule has 1 fully saturated rings. The van der Waals surface area contributed by atoms with Crippen LogP contribution in [0.5, 0.6) is 5.75 Å². The molecule has 0 amide bonds. The topological polar surface area (TPSA) is 60.1 Å². The van der Waals surface area contributed by atoms with Crippen molar-refractivity contribution in [1.82, 2.24) is 4.90 Å². The van der Waals surface area contributed by atoms with E-state index in [1.54, 1.807) is 0 Å². The summed E-state index contributed by atoms with van der Waals surface area (Å²) in [7, 11) is 0. The fraction of sp³-hybridized carbons (Fsp3) is 0.462. The largest absolute Gasteiger partial charge is 0.492 e. The number of para-hydroxylation sites is 1. The molecule has 5 nitrogen and oxygen atoms in total. The predicted octanol–water partition coefficient (Wildman–Crippen LogP) is 1.33. The van der Waals surface area contributed by atoms with Crippen molar-refractivity contribution >= 4 is 29.9 Å². The highest BCUT2D eigenvalue weighted by atomic mass is 127. The Morgan fingerprint density at radius 1 is 1.26 bits per heavy atom. The van der Waals surface area contributed by atoms with Gasteiger partial charge in [0, 0.05) is 13.1 Å². The molecule has 2 rings (SSSR count). The maximum absolute atomic E-state index is 5.89. The molecule has 19 heavy (non-hydrogen) atoms. The first-order valence-corrected chi connectivity index (χ1v) is 6.17. The third-order valence-electron chi connectivity index (χ3n) is 2.71. The molecule has 1 aliphatic rings. The molecule has 0 spiro atoms. The normalized spacial score (nSPS) is 15.8. The number of guanidine groups is 1. The molecule has 0 saturated carbocycles. The minimum absolute atomic E-state index is 0. The Hall–Kier alpha value is -1.02. The number of nitrogens with zero attached hydrogens (tertiary/aromatic N) is 2. The summed E-state index contributed by atoms with van der Waals surface area (Å²) in [5.74, 6) is 1.44. The highest BCUT2D eigenvalue weighted by Crippen LogP contribution is 2.07. The van der Waals surface area contributed by atoms with Gasteiger partial charge in [0.05, 0.1) is 19.8 Å². The summed E-state index contributed by atoms with van der Waals surface area (Å²) in [6, 6.07) is 9.70. The van der Waals surface area contributed by atoms with Gasteiger partial charge < -0.3 is 20.1 Å². The van der Waals surface area contributed by atoms with Gasteiger partial charge in [-0.2, -0.15) is 0 Å². The number of nitrogens with two attached hydrogens (primary N) is 1. The van der Waals surface area contributed by atoms with Gasteiger partial charge in [0.15, 0.2) is 5.96 Å². The van der Waals surface area contributed by atoms with Crippen LogP contribution in [0.1, 0.15) is 0 Å². The average Bonchev–Trinajstić information content (AvgIpc) is 2.45. The van der Waals surface area contributed by atoms with Gasteiger partial charge in [-0.05, 0) is 12.1 Å². The van der Waals surface area contributed by atoms with Gasteiger partial charge in [-0.1, -0.05) is 18.2 Å². The van der Waals surface area contributed by atoms with Gasteiger partial charge in [-0.25, -0.2) is 4.99 Å². The van der Waals surface area contributed by atoms with Crippen molar-refractivity contribution in [2.75, 3.05) is 39.5 Å². The van der Waals surface area contributed by atoms with Gasteiger partial charge in [-0.15, -0.1) is 24.0 Å². The molecule has 1 aromatic rings. The Labute approximate surface area is 130 Å².